The molecule has 7 heteroatoms. The van der Waals surface area contributed by atoms with Crippen LogP contribution in [-0.4, -0.2) is 27.5 Å². The molecule has 3 amide bonds. The van der Waals surface area contributed by atoms with E-state index in [0.29, 0.717) is 17.1 Å². The summed E-state index contributed by atoms with van der Waals surface area (Å²) in [5.74, 6) is -0.189. The molecule has 1 N–H and O–H groups in total. The van der Waals surface area contributed by atoms with E-state index < -0.39 is 0 Å². The zero-order chi connectivity index (χ0) is 18.1. The summed E-state index contributed by atoms with van der Waals surface area (Å²) < 4.78 is 1.74. The Bertz CT molecular complexity index is 838. The minimum atomic E-state index is -0.317. The van der Waals surface area contributed by atoms with Gasteiger partial charge in [0.2, 0.25) is 11.8 Å². The summed E-state index contributed by atoms with van der Waals surface area (Å²) in [4.78, 5) is 37.5. The first kappa shape index (κ1) is 16.9. The van der Waals surface area contributed by atoms with Gasteiger partial charge in [0.25, 0.3) is 5.91 Å². The lowest BCUT2D eigenvalue weighted by molar-refractivity contribution is -0.121. The van der Waals surface area contributed by atoms with Crippen LogP contribution in [-0.2, 0) is 9.59 Å². The van der Waals surface area contributed by atoms with E-state index in [9.17, 15) is 14.4 Å². The smallest absolute Gasteiger partial charge is 0.256 e. The minimum Gasteiger partial charge on any atom is -0.307 e. The second-order valence-electron chi connectivity index (χ2n) is 6.34. The fourth-order valence-electron chi connectivity index (χ4n) is 2.84. The van der Waals surface area contributed by atoms with Crippen LogP contribution < -0.4 is 10.2 Å². The summed E-state index contributed by atoms with van der Waals surface area (Å²) in [5.41, 5.74) is 1.61. The maximum absolute atomic E-state index is 12.6. The largest absolute Gasteiger partial charge is 0.307 e. The van der Waals surface area contributed by atoms with Crippen molar-refractivity contribution in [3.05, 3.63) is 41.6 Å². The Morgan fingerprint density at radius 2 is 1.84 bits per heavy atom. The molecule has 25 heavy (non-hydrogen) atoms. The Kier molecular flexibility index (Phi) is 4.39. The van der Waals surface area contributed by atoms with Gasteiger partial charge in [-0.25, -0.2) is 4.68 Å². The molecule has 1 saturated heterocycles. The maximum atomic E-state index is 12.6. The number of hydrogen-bond donors (Lipinski definition) is 1. The van der Waals surface area contributed by atoms with Crippen LogP contribution in [0.5, 0.6) is 0 Å². The van der Waals surface area contributed by atoms with Crippen molar-refractivity contribution in [3.8, 4) is 0 Å². The van der Waals surface area contributed by atoms with E-state index in [1.165, 1.54) is 0 Å². The van der Waals surface area contributed by atoms with Gasteiger partial charge in [-0.05, 0) is 39.0 Å². The number of aryl methyl sites for hydroxylation is 1. The van der Waals surface area contributed by atoms with E-state index in [1.54, 1.807) is 35.0 Å². The van der Waals surface area contributed by atoms with Gasteiger partial charge in [-0.2, -0.15) is 5.10 Å². The summed E-state index contributed by atoms with van der Waals surface area (Å²) in [6.07, 6.45) is 0.421. The predicted molar refractivity (Wildman–Crippen MR) is 93.5 cm³/mol. The molecule has 0 bridgehead atoms. The average Bonchev–Trinajstić information content (AvgIpc) is 3.09. The molecular weight excluding hydrogens is 320 g/mol. The van der Waals surface area contributed by atoms with Crippen molar-refractivity contribution >= 4 is 29.2 Å². The third-order valence-electron chi connectivity index (χ3n) is 4.01. The van der Waals surface area contributed by atoms with Crippen LogP contribution in [0.15, 0.2) is 30.3 Å². The number of hydrogen-bond acceptors (Lipinski definition) is 4. The molecule has 0 saturated carbocycles. The van der Waals surface area contributed by atoms with Crippen LogP contribution in [0.2, 0.25) is 0 Å². The predicted octanol–water partition coefficient (Wildman–Crippen LogP) is 2.68. The highest BCUT2D eigenvalue weighted by atomic mass is 16.2. The highest BCUT2D eigenvalue weighted by Gasteiger charge is 2.30. The Morgan fingerprint density at radius 3 is 2.48 bits per heavy atom. The Labute approximate surface area is 145 Å². The average molecular weight is 340 g/mol. The molecule has 2 heterocycles. The first-order valence-electron chi connectivity index (χ1n) is 8.20. The molecule has 1 aromatic carbocycles. The van der Waals surface area contributed by atoms with Gasteiger partial charge in [0.1, 0.15) is 5.82 Å². The number of benzene rings is 1. The van der Waals surface area contributed by atoms with E-state index in [2.05, 4.69) is 10.4 Å². The SMILES string of the molecule is Cc1cc(NC(=O)c2cccc(N3C(=O)CCC3=O)c2)n(C(C)C)n1. The lowest BCUT2D eigenvalue weighted by atomic mass is 10.1. The molecule has 0 aliphatic carbocycles. The minimum absolute atomic E-state index is 0.107. The Morgan fingerprint density at radius 1 is 1.16 bits per heavy atom. The van der Waals surface area contributed by atoms with Crippen LogP contribution in [0.1, 0.15) is 48.8 Å². The van der Waals surface area contributed by atoms with E-state index in [1.807, 2.05) is 20.8 Å². The van der Waals surface area contributed by atoms with Gasteiger partial charge in [-0.15, -0.1) is 0 Å². The van der Waals surface area contributed by atoms with Gasteiger partial charge in [-0.1, -0.05) is 6.07 Å². The number of aromatic nitrogens is 2. The van der Waals surface area contributed by atoms with Gasteiger partial charge in [0.15, 0.2) is 0 Å². The summed E-state index contributed by atoms with van der Waals surface area (Å²) in [6.45, 7) is 5.82. The number of amides is 3. The van der Waals surface area contributed by atoms with Crippen LogP contribution in [0.3, 0.4) is 0 Å². The number of nitrogens with zero attached hydrogens (tertiary/aromatic N) is 3. The van der Waals surface area contributed by atoms with Crippen molar-refractivity contribution in [2.24, 2.45) is 0 Å². The van der Waals surface area contributed by atoms with Gasteiger partial charge < -0.3 is 5.32 Å². The van der Waals surface area contributed by atoms with Crippen LogP contribution >= 0.6 is 0 Å². The van der Waals surface area contributed by atoms with Gasteiger partial charge in [-0.3, -0.25) is 19.3 Å². The van der Waals surface area contributed by atoms with E-state index in [-0.39, 0.29) is 36.6 Å². The summed E-state index contributed by atoms with van der Waals surface area (Å²) >= 11 is 0. The van der Waals surface area contributed by atoms with Crippen LogP contribution in [0.4, 0.5) is 11.5 Å². The first-order chi connectivity index (χ1) is 11.9. The molecule has 2 aromatic rings. The maximum Gasteiger partial charge on any atom is 0.256 e. The van der Waals surface area contributed by atoms with Crippen LogP contribution in [0.25, 0.3) is 0 Å². The first-order valence-corrected chi connectivity index (χ1v) is 8.20. The molecule has 3 rings (SSSR count). The van der Waals surface area contributed by atoms with Crippen molar-refractivity contribution < 1.29 is 14.4 Å². The zero-order valence-electron chi connectivity index (χ0n) is 14.4. The number of nitrogens with one attached hydrogen (secondary N) is 1. The molecule has 1 aliphatic rings. The normalized spacial score (nSPS) is 14.5. The van der Waals surface area contributed by atoms with Crippen molar-refractivity contribution in [1.29, 1.82) is 0 Å². The third-order valence-corrected chi connectivity index (χ3v) is 4.01. The lowest BCUT2D eigenvalue weighted by Crippen LogP contribution is -2.28. The second kappa shape index (κ2) is 6.51. The van der Waals surface area contributed by atoms with Crippen molar-refractivity contribution in [2.45, 2.75) is 39.7 Å². The number of imide groups is 1. The third kappa shape index (κ3) is 3.31. The molecule has 0 spiro atoms. The van der Waals surface area contributed by atoms with Crippen molar-refractivity contribution in [2.75, 3.05) is 10.2 Å². The lowest BCUT2D eigenvalue weighted by Gasteiger charge is -2.15. The number of rotatable bonds is 4. The molecule has 0 radical (unpaired) electrons. The summed E-state index contributed by atoms with van der Waals surface area (Å²) in [6, 6.07) is 8.42. The molecule has 1 aliphatic heterocycles. The fraction of sp³-hybridized carbons (Fsp3) is 0.333. The molecule has 7 nitrogen and oxygen atoms in total. The molecule has 130 valence electrons. The number of carbonyl (C=O) groups excluding carboxylic acids is 3. The number of anilines is 2. The molecule has 0 unspecified atom stereocenters. The highest BCUT2D eigenvalue weighted by molar-refractivity contribution is 6.20. The quantitative estimate of drug-likeness (QED) is 0.867. The van der Waals surface area contributed by atoms with Crippen molar-refractivity contribution in [1.82, 2.24) is 9.78 Å². The number of carbonyl (C=O) groups is 3. The van der Waals surface area contributed by atoms with Gasteiger partial charge in [0, 0.05) is 30.5 Å². The van der Waals surface area contributed by atoms with Gasteiger partial charge >= 0.3 is 0 Å². The highest BCUT2D eigenvalue weighted by Crippen LogP contribution is 2.24. The fourth-order valence-corrected chi connectivity index (χ4v) is 2.84. The van der Waals surface area contributed by atoms with Gasteiger partial charge in [0.05, 0.1) is 11.4 Å². The van der Waals surface area contributed by atoms with Crippen LogP contribution in [0, 0.1) is 6.92 Å². The zero-order valence-corrected chi connectivity index (χ0v) is 14.4. The second-order valence-corrected chi connectivity index (χ2v) is 6.34. The topological polar surface area (TPSA) is 84.3 Å². The van der Waals surface area contributed by atoms with Crippen molar-refractivity contribution in [3.63, 3.8) is 0 Å². The summed E-state index contributed by atoms with van der Waals surface area (Å²) in [7, 11) is 0. The molecule has 1 fully saturated rings. The summed E-state index contributed by atoms with van der Waals surface area (Å²) in [5, 5.41) is 7.20. The standard InChI is InChI=1S/C18H20N4O3/c1-11(2)22-15(9-12(3)20-22)19-18(25)13-5-4-6-14(10-13)21-16(23)7-8-17(21)24/h4-6,9-11H,7-8H2,1-3H3,(H,19,25). The van der Waals surface area contributed by atoms with E-state index in [4.69, 9.17) is 0 Å². The monoisotopic (exact) mass is 340 g/mol. The molecular formula is C18H20N4O3. The Hall–Kier alpha value is -2.96. The van der Waals surface area contributed by atoms with E-state index in [0.717, 1.165) is 10.6 Å². The molecule has 0 atom stereocenters. The Balaban J connectivity index is 1.85. The van der Waals surface area contributed by atoms with E-state index >= 15 is 0 Å². The molecule has 1 aromatic heterocycles.